The maximum Gasteiger partial charge on any atom is 0.158 e. The van der Waals surface area contributed by atoms with Gasteiger partial charge in [0.05, 0.1) is 11.1 Å². The molecule has 0 unspecified atom stereocenters. The lowest BCUT2D eigenvalue weighted by molar-refractivity contribution is 0.940. The lowest BCUT2D eigenvalue weighted by Crippen LogP contribution is -1.96. The van der Waals surface area contributed by atoms with Crippen LogP contribution >= 0.6 is 11.6 Å². The van der Waals surface area contributed by atoms with E-state index >= 15 is 0 Å². The predicted octanol–water partition coefficient (Wildman–Crippen LogP) is 2.24. The Morgan fingerprint density at radius 2 is 2.20 bits per heavy atom. The predicted molar refractivity (Wildman–Crippen MR) is 62.6 cm³/mol. The Kier molecular flexibility index (Phi) is 2.16. The first-order valence-electron chi connectivity index (χ1n) is 4.44. The van der Waals surface area contributed by atoms with E-state index in [1.807, 2.05) is 18.5 Å². The van der Waals surface area contributed by atoms with Gasteiger partial charge < -0.3 is 10.3 Å². The van der Waals surface area contributed by atoms with Crippen molar-refractivity contribution >= 4 is 33.9 Å². The highest BCUT2D eigenvalue weighted by Crippen LogP contribution is 2.28. The van der Waals surface area contributed by atoms with Gasteiger partial charge in [-0.2, -0.15) is 0 Å². The van der Waals surface area contributed by atoms with E-state index in [-0.39, 0.29) is 0 Å². The molecule has 0 fully saturated rings. The van der Waals surface area contributed by atoms with Crippen LogP contribution in [0.2, 0.25) is 5.15 Å². The van der Waals surface area contributed by atoms with Gasteiger partial charge in [-0.3, -0.25) is 0 Å². The van der Waals surface area contributed by atoms with Crippen molar-refractivity contribution in [2.45, 2.75) is 6.92 Å². The number of aromatic nitrogens is 3. The zero-order valence-corrected chi connectivity index (χ0v) is 9.34. The van der Waals surface area contributed by atoms with Gasteiger partial charge in [0.15, 0.2) is 5.82 Å². The average Bonchev–Trinajstić information content (AvgIpc) is 2.42. The van der Waals surface area contributed by atoms with E-state index in [1.54, 1.807) is 6.20 Å². The minimum Gasteiger partial charge on any atom is -0.397 e. The molecule has 4 nitrogen and oxygen atoms in total. The molecule has 0 atom stereocenters. The molecule has 5 heteroatoms. The van der Waals surface area contributed by atoms with Gasteiger partial charge in [-0.1, -0.05) is 18.2 Å². The zero-order valence-electron chi connectivity index (χ0n) is 8.58. The second-order valence-corrected chi connectivity index (χ2v) is 3.87. The van der Waals surface area contributed by atoms with Crippen LogP contribution in [0, 0.1) is 0 Å². The van der Waals surface area contributed by atoms with E-state index in [0.29, 0.717) is 22.1 Å². The maximum absolute atomic E-state index is 6.04. The van der Waals surface area contributed by atoms with Gasteiger partial charge in [-0.15, -0.1) is 0 Å². The molecule has 0 spiro atoms. The summed E-state index contributed by atoms with van der Waals surface area (Å²) in [5.41, 5.74) is 7.89. The number of nitrogen functional groups attached to an aromatic ring is 1. The minimum absolute atomic E-state index is 0.371. The molecular weight excluding hydrogens is 212 g/mol. The molecule has 0 radical (unpaired) electrons. The van der Waals surface area contributed by atoms with Crippen LogP contribution in [0.4, 0.5) is 5.69 Å². The number of allylic oxidation sites excluding steroid dienone is 1. The third-order valence-electron chi connectivity index (χ3n) is 2.18. The van der Waals surface area contributed by atoms with Gasteiger partial charge in [0.1, 0.15) is 10.8 Å². The molecule has 0 aromatic carbocycles. The number of anilines is 1. The fourth-order valence-electron chi connectivity index (χ4n) is 1.45. The number of fused-ring (bicyclic) bond motifs is 1. The Hall–Kier alpha value is -1.55. The normalized spacial score (nSPS) is 10.9. The molecule has 0 bridgehead atoms. The summed E-state index contributed by atoms with van der Waals surface area (Å²) in [6.07, 6.45) is 1.77. The number of hydrogen-bond acceptors (Lipinski definition) is 3. The molecule has 2 heterocycles. The van der Waals surface area contributed by atoms with Crippen LogP contribution in [0.25, 0.3) is 16.6 Å². The first-order chi connectivity index (χ1) is 7.00. The third-order valence-corrected chi connectivity index (χ3v) is 2.46. The Morgan fingerprint density at radius 1 is 1.53 bits per heavy atom. The summed E-state index contributed by atoms with van der Waals surface area (Å²) in [6.45, 7) is 5.62. The van der Waals surface area contributed by atoms with Crippen LogP contribution in [-0.4, -0.2) is 14.5 Å². The average molecular weight is 223 g/mol. The largest absolute Gasteiger partial charge is 0.397 e. The van der Waals surface area contributed by atoms with Gasteiger partial charge in [0.25, 0.3) is 0 Å². The fourth-order valence-corrected chi connectivity index (χ4v) is 1.72. The van der Waals surface area contributed by atoms with E-state index in [2.05, 4.69) is 16.5 Å². The number of nitrogens with zero attached hydrogens (tertiary/aromatic N) is 3. The van der Waals surface area contributed by atoms with Gasteiger partial charge >= 0.3 is 0 Å². The van der Waals surface area contributed by atoms with Crippen LogP contribution in [0.15, 0.2) is 12.8 Å². The van der Waals surface area contributed by atoms with Gasteiger partial charge in [0.2, 0.25) is 0 Å². The standard InChI is InChI=1S/C10H11ClN4/c1-5(2)9-13-8(11)7-6(12)4-15(3)10(7)14-9/h4H,1,12H2,2-3H3. The van der Waals surface area contributed by atoms with Crippen molar-refractivity contribution in [3.63, 3.8) is 0 Å². The van der Waals surface area contributed by atoms with E-state index in [1.165, 1.54) is 0 Å². The number of nitrogens with two attached hydrogens (primary N) is 1. The topological polar surface area (TPSA) is 56.7 Å². The Balaban J connectivity index is 2.87. The molecule has 0 saturated heterocycles. The highest BCUT2D eigenvalue weighted by molar-refractivity contribution is 6.35. The number of rotatable bonds is 1. The van der Waals surface area contributed by atoms with Gasteiger partial charge in [-0.05, 0) is 12.5 Å². The quantitative estimate of drug-likeness (QED) is 0.753. The number of hydrogen-bond donors (Lipinski definition) is 1. The molecule has 0 saturated carbocycles. The fraction of sp³-hybridized carbons (Fsp3) is 0.200. The third kappa shape index (κ3) is 1.47. The number of aryl methyl sites for hydroxylation is 1. The summed E-state index contributed by atoms with van der Waals surface area (Å²) >= 11 is 6.04. The summed E-state index contributed by atoms with van der Waals surface area (Å²) in [6, 6.07) is 0. The van der Waals surface area contributed by atoms with Gasteiger partial charge in [-0.25, -0.2) is 9.97 Å². The van der Waals surface area contributed by atoms with Crippen molar-refractivity contribution in [2.75, 3.05) is 5.73 Å². The van der Waals surface area contributed by atoms with Crippen LogP contribution in [0.1, 0.15) is 12.7 Å². The maximum atomic E-state index is 6.04. The molecule has 2 aromatic heterocycles. The highest BCUT2D eigenvalue weighted by atomic mass is 35.5. The monoisotopic (exact) mass is 222 g/mol. The first kappa shape index (κ1) is 9.98. The summed E-state index contributed by atoms with van der Waals surface area (Å²) in [5.74, 6) is 0.550. The molecule has 0 aliphatic rings. The van der Waals surface area contributed by atoms with Crippen LogP contribution in [0.5, 0.6) is 0 Å². The zero-order chi connectivity index (χ0) is 11.2. The second-order valence-electron chi connectivity index (χ2n) is 3.51. The van der Waals surface area contributed by atoms with Crippen molar-refractivity contribution in [3.8, 4) is 0 Å². The summed E-state index contributed by atoms with van der Waals surface area (Å²) in [7, 11) is 1.87. The molecule has 15 heavy (non-hydrogen) atoms. The van der Waals surface area contributed by atoms with Crippen molar-refractivity contribution in [1.82, 2.24) is 14.5 Å². The highest BCUT2D eigenvalue weighted by Gasteiger charge is 2.12. The molecule has 0 aliphatic carbocycles. The second kappa shape index (κ2) is 3.24. The van der Waals surface area contributed by atoms with E-state index < -0.39 is 0 Å². The Morgan fingerprint density at radius 3 is 2.80 bits per heavy atom. The molecule has 0 aliphatic heterocycles. The molecule has 2 rings (SSSR count). The van der Waals surface area contributed by atoms with E-state index in [0.717, 1.165) is 11.2 Å². The SMILES string of the molecule is C=C(C)c1nc(Cl)c2c(N)cn(C)c2n1. The first-order valence-corrected chi connectivity index (χ1v) is 4.82. The van der Waals surface area contributed by atoms with Crippen molar-refractivity contribution in [3.05, 3.63) is 23.8 Å². The molecule has 2 aromatic rings. The lowest BCUT2D eigenvalue weighted by Gasteiger charge is -2.02. The minimum atomic E-state index is 0.371. The van der Waals surface area contributed by atoms with Crippen molar-refractivity contribution in [2.24, 2.45) is 7.05 Å². The molecule has 0 amide bonds. The van der Waals surface area contributed by atoms with Crippen molar-refractivity contribution in [1.29, 1.82) is 0 Å². The Labute approximate surface area is 92.4 Å². The summed E-state index contributed by atoms with van der Waals surface area (Å²) in [5, 5.41) is 1.07. The van der Waals surface area contributed by atoms with Crippen LogP contribution < -0.4 is 5.73 Å². The van der Waals surface area contributed by atoms with Gasteiger partial charge in [0, 0.05) is 13.2 Å². The lowest BCUT2D eigenvalue weighted by atomic mass is 10.3. The molecule has 2 N–H and O–H groups in total. The van der Waals surface area contributed by atoms with Crippen molar-refractivity contribution < 1.29 is 0 Å². The smallest absolute Gasteiger partial charge is 0.158 e. The molecular formula is C10H11ClN4. The Bertz CT molecular complexity index is 556. The van der Waals surface area contributed by atoms with Crippen LogP contribution in [0.3, 0.4) is 0 Å². The number of halogens is 1. The van der Waals surface area contributed by atoms with E-state index in [9.17, 15) is 0 Å². The molecule has 78 valence electrons. The summed E-state index contributed by atoms with van der Waals surface area (Å²) < 4.78 is 1.82. The summed E-state index contributed by atoms with van der Waals surface area (Å²) in [4.78, 5) is 8.48. The van der Waals surface area contributed by atoms with Crippen LogP contribution in [-0.2, 0) is 7.05 Å². The van der Waals surface area contributed by atoms with E-state index in [4.69, 9.17) is 17.3 Å².